The first-order valence-corrected chi connectivity index (χ1v) is 3.29. The molecule has 0 spiro atoms. The van der Waals surface area contributed by atoms with E-state index in [1.807, 2.05) is 13.8 Å². The van der Waals surface area contributed by atoms with Crippen molar-refractivity contribution in [1.82, 2.24) is 0 Å². The van der Waals surface area contributed by atoms with Gasteiger partial charge in [-0.1, -0.05) is 17.7 Å². The Morgan fingerprint density at radius 1 is 1.56 bits per heavy atom. The molecule has 0 aliphatic rings. The molecule has 0 aromatic heterocycles. The highest BCUT2D eigenvalue weighted by molar-refractivity contribution is 6.67. The summed E-state index contributed by atoms with van der Waals surface area (Å²) in [6, 6.07) is 0. The molecule has 1 N–H and O–H groups in total. The first-order chi connectivity index (χ1) is 3.92. The van der Waals surface area contributed by atoms with Crippen LogP contribution in [0.15, 0.2) is 12.2 Å². The Balaban J connectivity index is 3.86. The monoisotopic (exact) mass is 165 g/mol. The second-order valence-electron chi connectivity index (χ2n) is 2.25. The molecule has 9 heavy (non-hydrogen) atoms. The van der Waals surface area contributed by atoms with Crippen LogP contribution < -0.4 is 0 Å². The molecule has 0 rings (SSSR count). The number of hydrogen-bond donors (Lipinski definition) is 1. The third-order valence-electron chi connectivity index (χ3n) is 0.626. The zero-order chi connectivity index (χ0) is 7.49. The Kier molecular flexibility index (Phi) is 3.23. The Morgan fingerprint density at radius 3 is 2.11 bits per heavy atom. The number of allylic oxidation sites excluding steroid dienone is 2. The summed E-state index contributed by atoms with van der Waals surface area (Å²) in [5.41, 5.74) is 0. The van der Waals surface area contributed by atoms with Gasteiger partial charge in [-0.3, -0.25) is 5.41 Å². The van der Waals surface area contributed by atoms with Crippen LogP contribution in [0, 0.1) is 5.41 Å². The average Bonchev–Trinajstić information content (AvgIpc) is 1.59. The summed E-state index contributed by atoms with van der Waals surface area (Å²) in [6.45, 7) is 3.65. The molecule has 52 valence electrons. The molecule has 0 saturated carbocycles. The molecule has 0 aliphatic carbocycles. The van der Waals surface area contributed by atoms with Gasteiger partial charge in [0.25, 0.3) is 0 Å². The van der Waals surface area contributed by atoms with Crippen molar-refractivity contribution in [2.75, 3.05) is 0 Å². The van der Waals surface area contributed by atoms with Gasteiger partial charge >= 0.3 is 0 Å². The van der Waals surface area contributed by atoms with E-state index >= 15 is 0 Å². The highest BCUT2D eigenvalue weighted by atomic mass is 35.5. The lowest BCUT2D eigenvalue weighted by Gasteiger charge is -2.06. The van der Waals surface area contributed by atoms with E-state index in [4.69, 9.17) is 28.6 Å². The van der Waals surface area contributed by atoms with Crippen LogP contribution in [0.3, 0.4) is 0 Å². The van der Waals surface area contributed by atoms with E-state index in [0.29, 0.717) is 0 Å². The van der Waals surface area contributed by atoms with Crippen molar-refractivity contribution in [3.63, 3.8) is 0 Å². The van der Waals surface area contributed by atoms with Gasteiger partial charge in [-0.25, -0.2) is 0 Å². The van der Waals surface area contributed by atoms with Gasteiger partial charge in [0.05, 0.1) is 4.87 Å². The van der Waals surface area contributed by atoms with Crippen molar-refractivity contribution >= 4 is 28.4 Å². The van der Waals surface area contributed by atoms with Crippen molar-refractivity contribution in [3.05, 3.63) is 12.2 Å². The van der Waals surface area contributed by atoms with E-state index < -0.39 is 4.87 Å². The third kappa shape index (κ3) is 7.99. The summed E-state index contributed by atoms with van der Waals surface area (Å²) in [4.78, 5) is -0.402. The number of hydrogen-bond acceptors (Lipinski definition) is 1. The molecule has 0 fully saturated rings. The fourth-order valence-electron chi connectivity index (χ4n) is 0.271. The van der Waals surface area contributed by atoms with E-state index in [-0.39, 0.29) is 5.17 Å². The summed E-state index contributed by atoms with van der Waals surface area (Å²) in [6.07, 6.45) is 3.14. The zero-order valence-corrected chi connectivity index (χ0v) is 6.92. The Bertz CT molecular complexity index is 132. The second-order valence-corrected chi connectivity index (χ2v) is 3.63. The van der Waals surface area contributed by atoms with Crippen LogP contribution in [-0.2, 0) is 0 Å². The quantitative estimate of drug-likeness (QED) is 0.481. The molecule has 0 bridgehead atoms. The van der Waals surface area contributed by atoms with Crippen molar-refractivity contribution in [3.8, 4) is 0 Å². The number of rotatable bonds is 2. The maximum atomic E-state index is 6.79. The lowest BCUT2D eigenvalue weighted by Crippen LogP contribution is -2.04. The van der Waals surface area contributed by atoms with Crippen molar-refractivity contribution < 1.29 is 0 Å². The van der Waals surface area contributed by atoms with E-state index in [0.717, 1.165) is 0 Å². The summed E-state index contributed by atoms with van der Waals surface area (Å²) >= 11 is 11.0. The summed E-state index contributed by atoms with van der Waals surface area (Å²) in [7, 11) is 0. The lowest BCUT2D eigenvalue weighted by molar-refractivity contribution is 0.883. The van der Waals surface area contributed by atoms with Gasteiger partial charge in [0, 0.05) is 0 Å². The SMILES string of the molecule is CC(C)(Cl)/C=C/C(=N)Cl. The normalized spacial score (nSPS) is 12.4. The Hall–Kier alpha value is -0.0100. The van der Waals surface area contributed by atoms with Crippen molar-refractivity contribution in [1.29, 1.82) is 5.41 Å². The molecule has 0 amide bonds. The highest BCUT2D eigenvalue weighted by Gasteiger charge is 2.06. The molecule has 0 atom stereocenters. The van der Waals surface area contributed by atoms with Crippen LogP contribution in [0.1, 0.15) is 13.8 Å². The zero-order valence-electron chi connectivity index (χ0n) is 5.41. The van der Waals surface area contributed by atoms with Gasteiger partial charge in [0.2, 0.25) is 0 Å². The minimum absolute atomic E-state index is 0.00345. The third-order valence-corrected chi connectivity index (χ3v) is 0.878. The predicted molar refractivity (Wildman–Crippen MR) is 42.7 cm³/mol. The Morgan fingerprint density at radius 2 is 2.00 bits per heavy atom. The Labute approximate surface area is 65.2 Å². The van der Waals surface area contributed by atoms with Gasteiger partial charge in [0.15, 0.2) is 0 Å². The average molecular weight is 166 g/mol. The van der Waals surface area contributed by atoms with E-state index in [2.05, 4.69) is 0 Å². The molecular weight excluding hydrogens is 157 g/mol. The summed E-state index contributed by atoms with van der Waals surface area (Å²) in [5, 5.41) is 6.80. The molecular formula is C6H9Cl2N. The lowest BCUT2D eigenvalue weighted by atomic mass is 10.2. The molecule has 0 aromatic rings. The van der Waals surface area contributed by atoms with Gasteiger partial charge in [-0.15, -0.1) is 11.6 Å². The fraction of sp³-hybridized carbons (Fsp3) is 0.500. The molecule has 0 unspecified atom stereocenters. The molecule has 3 heteroatoms. The fourth-order valence-corrected chi connectivity index (χ4v) is 0.397. The van der Waals surface area contributed by atoms with Crippen LogP contribution in [0.25, 0.3) is 0 Å². The largest absolute Gasteiger partial charge is 0.289 e. The molecule has 0 heterocycles. The highest BCUT2D eigenvalue weighted by Crippen LogP contribution is 2.13. The van der Waals surface area contributed by atoms with Crippen molar-refractivity contribution in [2.45, 2.75) is 18.7 Å². The van der Waals surface area contributed by atoms with Crippen molar-refractivity contribution in [2.24, 2.45) is 0 Å². The molecule has 0 aromatic carbocycles. The summed E-state index contributed by atoms with van der Waals surface area (Å²) < 4.78 is 0. The number of halogens is 2. The van der Waals surface area contributed by atoms with E-state index in [1.165, 1.54) is 6.08 Å². The van der Waals surface area contributed by atoms with E-state index in [9.17, 15) is 0 Å². The summed E-state index contributed by atoms with van der Waals surface area (Å²) in [5.74, 6) is 0. The number of nitrogens with one attached hydrogen (secondary N) is 1. The molecule has 0 saturated heterocycles. The van der Waals surface area contributed by atoms with Gasteiger partial charge in [0.1, 0.15) is 5.17 Å². The van der Waals surface area contributed by atoms with Crippen LogP contribution in [0.2, 0.25) is 0 Å². The number of alkyl halides is 1. The van der Waals surface area contributed by atoms with Crippen LogP contribution >= 0.6 is 23.2 Å². The second kappa shape index (κ2) is 3.23. The van der Waals surface area contributed by atoms with Gasteiger partial charge in [-0.05, 0) is 19.9 Å². The topological polar surface area (TPSA) is 23.9 Å². The maximum absolute atomic E-state index is 6.79. The first kappa shape index (κ1) is 8.99. The smallest absolute Gasteiger partial charge is 0.120 e. The van der Waals surface area contributed by atoms with Crippen LogP contribution in [-0.4, -0.2) is 10.0 Å². The minimum Gasteiger partial charge on any atom is -0.289 e. The van der Waals surface area contributed by atoms with Gasteiger partial charge in [-0.2, -0.15) is 0 Å². The molecule has 0 radical (unpaired) electrons. The maximum Gasteiger partial charge on any atom is 0.120 e. The van der Waals surface area contributed by atoms with Crippen LogP contribution in [0.5, 0.6) is 0 Å². The van der Waals surface area contributed by atoms with Gasteiger partial charge < -0.3 is 0 Å². The minimum atomic E-state index is -0.402. The molecule has 1 nitrogen and oxygen atoms in total. The van der Waals surface area contributed by atoms with Crippen LogP contribution in [0.4, 0.5) is 0 Å². The first-order valence-electron chi connectivity index (χ1n) is 2.54. The van der Waals surface area contributed by atoms with E-state index in [1.54, 1.807) is 6.08 Å². The molecule has 0 aliphatic heterocycles. The standard InChI is InChI=1S/C6H9Cl2N/c1-6(2,8)4-3-5(7)9/h3-4,9H,1-2H3/b4-3+,9-5?. The predicted octanol–water partition coefficient (Wildman–Crippen LogP) is 2.78.